The Kier molecular flexibility index (Phi) is 1.24. The zero-order valence-corrected chi connectivity index (χ0v) is 7.27. The second-order valence-corrected chi connectivity index (χ2v) is 4.62. The Bertz CT molecular complexity index is 297. The molecule has 0 aromatic heterocycles. The largest absolute Gasteiger partial charge is 0.481 e. The highest BCUT2D eigenvalue weighted by atomic mass is 16.4. The highest BCUT2D eigenvalue weighted by molar-refractivity contribution is 5.93. The van der Waals surface area contributed by atoms with Crippen molar-refractivity contribution in [1.29, 1.82) is 0 Å². The van der Waals surface area contributed by atoms with Crippen molar-refractivity contribution in [2.45, 2.75) is 19.3 Å². The van der Waals surface area contributed by atoms with E-state index < -0.39 is 5.97 Å². The van der Waals surface area contributed by atoms with Gasteiger partial charge >= 0.3 is 5.97 Å². The molecule has 0 aromatic carbocycles. The molecule has 3 aliphatic rings. The first-order chi connectivity index (χ1) is 6.20. The van der Waals surface area contributed by atoms with Gasteiger partial charge < -0.3 is 5.11 Å². The molecule has 3 saturated carbocycles. The zero-order chi connectivity index (χ0) is 9.16. The van der Waals surface area contributed by atoms with Crippen LogP contribution in [0.25, 0.3) is 0 Å². The van der Waals surface area contributed by atoms with Gasteiger partial charge in [0.2, 0.25) is 0 Å². The molecule has 0 aromatic rings. The summed E-state index contributed by atoms with van der Waals surface area (Å²) in [7, 11) is 0. The van der Waals surface area contributed by atoms with Gasteiger partial charge in [-0.25, -0.2) is 0 Å². The number of carbonyl (C=O) groups excluding carboxylic acids is 1. The minimum atomic E-state index is -0.758. The summed E-state index contributed by atoms with van der Waals surface area (Å²) >= 11 is 0. The molecule has 3 fully saturated rings. The monoisotopic (exact) mass is 180 g/mol. The molecule has 0 saturated heterocycles. The van der Waals surface area contributed by atoms with E-state index in [1.165, 1.54) is 0 Å². The van der Waals surface area contributed by atoms with E-state index in [9.17, 15) is 9.59 Å². The molecular weight excluding hydrogens is 168 g/mol. The van der Waals surface area contributed by atoms with E-state index in [4.69, 9.17) is 5.11 Å². The lowest BCUT2D eigenvalue weighted by Gasteiger charge is -2.24. The number of hydrogen-bond donors (Lipinski definition) is 1. The van der Waals surface area contributed by atoms with Crippen molar-refractivity contribution in [1.82, 2.24) is 0 Å². The normalized spacial score (nSPS) is 51.7. The molecule has 3 heteroatoms. The molecule has 3 nitrogen and oxygen atoms in total. The molecule has 0 amide bonds. The molecule has 70 valence electrons. The van der Waals surface area contributed by atoms with Crippen LogP contribution in [0, 0.1) is 29.6 Å². The van der Waals surface area contributed by atoms with Crippen LogP contribution in [0.4, 0.5) is 0 Å². The molecular formula is C10H12O3. The minimum Gasteiger partial charge on any atom is -0.481 e. The summed E-state index contributed by atoms with van der Waals surface area (Å²) in [6, 6.07) is 0. The van der Waals surface area contributed by atoms with Gasteiger partial charge in [0.1, 0.15) is 5.78 Å². The Hall–Kier alpha value is -0.860. The predicted octanol–water partition coefficient (Wildman–Crippen LogP) is 0.932. The van der Waals surface area contributed by atoms with Crippen molar-refractivity contribution in [3.63, 3.8) is 0 Å². The molecule has 4 bridgehead atoms. The van der Waals surface area contributed by atoms with Crippen molar-refractivity contribution in [3.05, 3.63) is 0 Å². The van der Waals surface area contributed by atoms with E-state index in [1.54, 1.807) is 0 Å². The van der Waals surface area contributed by atoms with Crippen LogP contribution in [-0.2, 0) is 9.59 Å². The average Bonchev–Trinajstić information content (AvgIpc) is 2.64. The van der Waals surface area contributed by atoms with Gasteiger partial charge in [0.15, 0.2) is 0 Å². The molecule has 1 N–H and O–H groups in total. The van der Waals surface area contributed by atoms with E-state index in [2.05, 4.69) is 0 Å². The van der Waals surface area contributed by atoms with Gasteiger partial charge in [-0.15, -0.1) is 0 Å². The van der Waals surface area contributed by atoms with Gasteiger partial charge in [-0.3, -0.25) is 9.59 Å². The van der Waals surface area contributed by atoms with E-state index in [1.807, 2.05) is 0 Å². The van der Waals surface area contributed by atoms with E-state index in [0.29, 0.717) is 11.8 Å². The fourth-order valence-electron chi connectivity index (χ4n) is 3.89. The maximum atomic E-state index is 11.7. The molecule has 3 rings (SSSR count). The second-order valence-electron chi connectivity index (χ2n) is 4.62. The maximum absolute atomic E-state index is 11.7. The first kappa shape index (κ1) is 7.54. The first-order valence-corrected chi connectivity index (χ1v) is 4.96. The van der Waals surface area contributed by atoms with E-state index >= 15 is 0 Å². The SMILES string of the molecule is O=C(O)C1CC2C3CCC2C1C3=O. The van der Waals surface area contributed by atoms with Gasteiger partial charge in [0, 0.05) is 11.8 Å². The predicted molar refractivity (Wildman–Crippen MR) is 43.9 cm³/mol. The lowest BCUT2D eigenvalue weighted by molar-refractivity contribution is -0.148. The Morgan fingerprint density at radius 3 is 2.62 bits per heavy atom. The molecule has 0 aliphatic heterocycles. The number of carboxylic acids is 1. The molecule has 13 heavy (non-hydrogen) atoms. The number of ketones is 1. The van der Waals surface area contributed by atoms with Crippen molar-refractivity contribution < 1.29 is 14.7 Å². The van der Waals surface area contributed by atoms with Crippen LogP contribution in [0.2, 0.25) is 0 Å². The number of rotatable bonds is 1. The van der Waals surface area contributed by atoms with Crippen LogP contribution in [0.15, 0.2) is 0 Å². The fourth-order valence-corrected chi connectivity index (χ4v) is 3.89. The third-order valence-electron chi connectivity index (χ3n) is 4.31. The molecule has 0 radical (unpaired) electrons. The van der Waals surface area contributed by atoms with E-state index in [-0.39, 0.29) is 23.5 Å². The van der Waals surface area contributed by atoms with Crippen molar-refractivity contribution >= 4 is 11.8 Å². The minimum absolute atomic E-state index is 0.110. The van der Waals surface area contributed by atoms with Crippen LogP contribution in [0.3, 0.4) is 0 Å². The summed E-state index contributed by atoms with van der Waals surface area (Å²) in [5.74, 6) is 0.147. The Morgan fingerprint density at radius 1 is 1.31 bits per heavy atom. The summed E-state index contributed by atoms with van der Waals surface area (Å²) in [5.41, 5.74) is 0. The summed E-state index contributed by atoms with van der Waals surface area (Å²) in [4.78, 5) is 22.5. The van der Waals surface area contributed by atoms with Crippen LogP contribution in [0.1, 0.15) is 19.3 Å². The second kappa shape index (κ2) is 2.14. The zero-order valence-electron chi connectivity index (χ0n) is 7.27. The van der Waals surface area contributed by atoms with Gasteiger partial charge in [-0.05, 0) is 31.1 Å². The highest BCUT2D eigenvalue weighted by Gasteiger charge is 2.63. The van der Waals surface area contributed by atoms with E-state index in [0.717, 1.165) is 19.3 Å². The number of aliphatic carboxylic acids is 1. The third kappa shape index (κ3) is 0.713. The van der Waals surface area contributed by atoms with Gasteiger partial charge in [-0.2, -0.15) is 0 Å². The summed E-state index contributed by atoms with van der Waals surface area (Å²) in [5, 5.41) is 8.93. The number of carbonyl (C=O) groups is 2. The van der Waals surface area contributed by atoms with Crippen molar-refractivity contribution in [2.75, 3.05) is 0 Å². The lowest BCUT2D eigenvalue weighted by atomic mass is 9.77. The van der Waals surface area contributed by atoms with Crippen LogP contribution in [0.5, 0.6) is 0 Å². The highest BCUT2D eigenvalue weighted by Crippen LogP contribution is 2.61. The van der Waals surface area contributed by atoms with Gasteiger partial charge in [0.25, 0.3) is 0 Å². The lowest BCUT2D eigenvalue weighted by Crippen LogP contribution is -2.34. The maximum Gasteiger partial charge on any atom is 0.307 e. The molecule has 5 atom stereocenters. The molecule has 0 spiro atoms. The summed E-state index contributed by atoms with van der Waals surface area (Å²) < 4.78 is 0. The Balaban J connectivity index is 1.97. The third-order valence-corrected chi connectivity index (χ3v) is 4.31. The number of hydrogen-bond acceptors (Lipinski definition) is 2. The Morgan fingerprint density at radius 2 is 2.08 bits per heavy atom. The number of carboxylic acid groups (broad SMARTS) is 1. The molecule has 3 aliphatic carbocycles. The summed E-state index contributed by atoms with van der Waals surface area (Å²) in [6.45, 7) is 0. The van der Waals surface area contributed by atoms with Crippen LogP contribution < -0.4 is 0 Å². The Labute approximate surface area is 76.1 Å². The van der Waals surface area contributed by atoms with Gasteiger partial charge in [-0.1, -0.05) is 0 Å². The standard InChI is InChI=1S/C10H12O3/c11-9-5-2-1-4-6(5)3-7(8(4)9)10(12)13/h4-8H,1-3H2,(H,12,13). The quantitative estimate of drug-likeness (QED) is 0.653. The number of Topliss-reactive ketones (excluding diaryl/α,β-unsaturated/α-hetero) is 1. The van der Waals surface area contributed by atoms with Crippen LogP contribution in [-0.4, -0.2) is 16.9 Å². The van der Waals surface area contributed by atoms with Crippen molar-refractivity contribution in [3.8, 4) is 0 Å². The topological polar surface area (TPSA) is 54.4 Å². The summed E-state index contributed by atoms with van der Waals surface area (Å²) in [6.07, 6.45) is 2.88. The fraction of sp³-hybridized carbons (Fsp3) is 0.800. The molecule has 0 heterocycles. The van der Waals surface area contributed by atoms with Crippen LogP contribution >= 0.6 is 0 Å². The average molecular weight is 180 g/mol. The molecule has 5 unspecified atom stereocenters. The van der Waals surface area contributed by atoms with Gasteiger partial charge in [0.05, 0.1) is 5.92 Å². The van der Waals surface area contributed by atoms with Crippen molar-refractivity contribution in [2.24, 2.45) is 29.6 Å². The smallest absolute Gasteiger partial charge is 0.307 e. The first-order valence-electron chi connectivity index (χ1n) is 4.96.